The number of aromatic nitrogens is 4. The predicted octanol–water partition coefficient (Wildman–Crippen LogP) is 5.91. The Balaban J connectivity index is 1.31. The van der Waals surface area contributed by atoms with Crippen molar-refractivity contribution in [2.24, 2.45) is 7.05 Å². The summed E-state index contributed by atoms with van der Waals surface area (Å²) in [5, 5.41) is 6.84. The maximum atomic E-state index is 12.7. The highest BCUT2D eigenvalue weighted by Crippen LogP contribution is 2.28. The maximum absolute atomic E-state index is 12.7. The van der Waals surface area contributed by atoms with Gasteiger partial charge in [0.15, 0.2) is 9.84 Å². The van der Waals surface area contributed by atoms with Crippen LogP contribution in [0, 0.1) is 0 Å². The first-order chi connectivity index (χ1) is 19.9. The van der Waals surface area contributed by atoms with Gasteiger partial charge in [-0.25, -0.2) is 18.4 Å². The molecule has 5 aromatic rings. The van der Waals surface area contributed by atoms with Crippen molar-refractivity contribution in [3.8, 4) is 0 Å². The first-order valence-electron chi connectivity index (χ1n) is 12.8. The number of hydrogen-bond acceptors (Lipinski definition) is 8. The molecule has 2 aromatic heterocycles. The number of halogens is 2. The lowest BCUT2D eigenvalue weighted by molar-refractivity contribution is -0.115. The van der Waals surface area contributed by atoms with Crippen LogP contribution >= 0.6 is 23.2 Å². The zero-order chi connectivity index (χ0) is 30.0. The molecule has 2 heterocycles. The summed E-state index contributed by atoms with van der Waals surface area (Å²) in [6.45, 7) is 0. The van der Waals surface area contributed by atoms with Crippen LogP contribution in [-0.2, 0) is 33.9 Å². The van der Waals surface area contributed by atoms with Crippen LogP contribution in [0.3, 0.4) is 0 Å². The van der Waals surface area contributed by atoms with Gasteiger partial charge in [-0.2, -0.15) is 4.98 Å². The third-order valence-corrected chi connectivity index (χ3v) is 8.04. The quantitative estimate of drug-likeness (QED) is 0.208. The molecule has 1 amide bonds. The summed E-state index contributed by atoms with van der Waals surface area (Å²) < 4.78 is 25.2. The molecule has 5 rings (SSSR count). The number of hydrogen-bond donors (Lipinski definition) is 2. The van der Waals surface area contributed by atoms with Crippen molar-refractivity contribution in [3.63, 3.8) is 0 Å². The number of amides is 1. The van der Waals surface area contributed by atoms with Crippen molar-refractivity contribution in [1.29, 1.82) is 0 Å². The zero-order valence-electron chi connectivity index (χ0n) is 23.0. The van der Waals surface area contributed by atoms with Gasteiger partial charge in [0.2, 0.25) is 17.8 Å². The summed E-state index contributed by atoms with van der Waals surface area (Å²) >= 11 is 12.1. The first-order valence-corrected chi connectivity index (χ1v) is 15.6. The van der Waals surface area contributed by atoms with Crippen molar-refractivity contribution < 1.29 is 13.2 Å². The Morgan fingerprint density at radius 3 is 2.55 bits per heavy atom. The van der Waals surface area contributed by atoms with E-state index < -0.39 is 9.84 Å². The number of aryl methyl sites for hydroxylation is 1. The Kier molecular flexibility index (Phi) is 8.35. The van der Waals surface area contributed by atoms with Crippen molar-refractivity contribution in [1.82, 2.24) is 19.5 Å². The zero-order valence-corrected chi connectivity index (χ0v) is 25.3. The summed E-state index contributed by atoms with van der Waals surface area (Å²) in [4.78, 5) is 28.2. The number of fused-ring (bicyclic) bond motifs is 1. The number of rotatable bonds is 9. The van der Waals surface area contributed by atoms with E-state index in [1.165, 1.54) is 6.26 Å². The van der Waals surface area contributed by atoms with Crippen LogP contribution in [0.15, 0.2) is 72.9 Å². The van der Waals surface area contributed by atoms with Crippen LogP contribution in [0.1, 0.15) is 11.1 Å². The van der Waals surface area contributed by atoms with Gasteiger partial charge < -0.3 is 14.8 Å². The monoisotopic (exact) mass is 623 g/mol. The van der Waals surface area contributed by atoms with E-state index in [2.05, 4.69) is 25.6 Å². The van der Waals surface area contributed by atoms with Crippen LogP contribution in [0.25, 0.3) is 11.0 Å². The Bertz CT molecular complexity index is 1910. The summed E-state index contributed by atoms with van der Waals surface area (Å²) in [5.41, 5.74) is 4.46. The third-order valence-electron chi connectivity index (χ3n) is 6.45. The van der Waals surface area contributed by atoms with Gasteiger partial charge in [-0.15, -0.1) is 0 Å². The topological polar surface area (TPSA) is 122 Å². The lowest BCUT2D eigenvalue weighted by Crippen LogP contribution is -2.17. The fourth-order valence-electron chi connectivity index (χ4n) is 4.41. The number of nitrogens with one attached hydrogen (secondary N) is 2. The fourth-order valence-corrected chi connectivity index (χ4v) is 5.52. The van der Waals surface area contributed by atoms with Gasteiger partial charge in [0.25, 0.3) is 0 Å². The largest absolute Gasteiger partial charge is 0.329 e. The van der Waals surface area contributed by atoms with E-state index in [4.69, 9.17) is 23.2 Å². The van der Waals surface area contributed by atoms with Crippen LogP contribution in [0.2, 0.25) is 10.0 Å². The number of sulfone groups is 1. The van der Waals surface area contributed by atoms with Gasteiger partial charge in [0.05, 0.1) is 33.3 Å². The Hall–Kier alpha value is -4.19. The number of benzene rings is 3. The molecule has 0 unspecified atom stereocenters. The molecule has 42 heavy (non-hydrogen) atoms. The predicted molar refractivity (Wildman–Crippen MR) is 168 cm³/mol. The van der Waals surface area contributed by atoms with Gasteiger partial charge >= 0.3 is 0 Å². The molecule has 10 nitrogen and oxygen atoms in total. The van der Waals surface area contributed by atoms with Crippen LogP contribution in [-0.4, -0.2) is 47.1 Å². The molecule has 0 aliphatic carbocycles. The smallest absolute Gasteiger partial charge is 0.231 e. The molecule has 0 aliphatic heterocycles. The average molecular weight is 625 g/mol. The molecular formula is C29H27Cl2N7O3S. The minimum atomic E-state index is -3.16. The van der Waals surface area contributed by atoms with Crippen LogP contribution in [0.4, 0.5) is 29.1 Å². The third kappa shape index (κ3) is 6.99. The van der Waals surface area contributed by atoms with Gasteiger partial charge in [0.1, 0.15) is 5.82 Å². The molecule has 216 valence electrons. The fraction of sp³-hybridized carbons (Fsp3) is 0.172. The normalized spacial score (nSPS) is 11.5. The molecule has 3 aromatic carbocycles. The minimum Gasteiger partial charge on any atom is -0.329 e. The number of anilines is 5. The van der Waals surface area contributed by atoms with E-state index in [9.17, 15) is 13.2 Å². The molecule has 2 N–H and O–H groups in total. The van der Waals surface area contributed by atoms with Gasteiger partial charge in [0, 0.05) is 37.9 Å². The molecule has 0 fully saturated rings. The molecule has 0 radical (unpaired) electrons. The Morgan fingerprint density at radius 2 is 1.79 bits per heavy atom. The van der Waals surface area contributed by atoms with Crippen molar-refractivity contribution >= 4 is 79.1 Å². The van der Waals surface area contributed by atoms with Crippen LogP contribution in [0.5, 0.6) is 0 Å². The molecule has 0 saturated heterocycles. The van der Waals surface area contributed by atoms with Crippen molar-refractivity contribution in [3.05, 3.63) is 94.1 Å². The number of nitrogens with zero attached hydrogens (tertiary/aromatic N) is 5. The first kappa shape index (κ1) is 29.3. The summed E-state index contributed by atoms with van der Waals surface area (Å²) in [6, 6.07) is 19.8. The molecule has 13 heteroatoms. The lowest BCUT2D eigenvalue weighted by Gasteiger charge is -2.19. The second-order valence-corrected chi connectivity index (χ2v) is 12.8. The Morgan fingerprint density at radius 1 is 0.976 bits per heavy atom. The average Bonchev–Trinajstić information content (AvgIpc) is 3.23. The molecule has 0 aliphatic rings. The molecule has 0 saturated carbocycles. The number of carbonyl (C=O) groups is 1. The van der Waals surface area contributed by atoms with E-state index in [0.717, 1.165) is 16.8 Å². The summed E-state index contributed by atoms with van der Waals surface area (Å²) in [5.74, 6) is 1.13. The second kappa shape index (κ2) is 12.0. The molecule has 0 atom stereocenters. The number of imidazole rings is 1. The summed E-state index contributed by atoms with van der Waals surface area (Å²) in [7, 11) is 0.556. The lowest BCUT2D eigenvalue weighted by atomic mass is 10.1. The van der Waals surface area contributed by atoms with Crippen molar-refractivity contribution in [2.45, 2.75) is 12.2 Å². The van der Waals surface area contributed by atoms with E-state index >= 15 is 0 Å². The van der Waals surface area contributed by atoms with E-state index in [1.54, 1.807) is 48.7 Å². The van der Waals surface area contributed by atoms with E-state index in [1.807, 2.05) is 47.8 Å². The maximum Gasteiger partial charge on any atom is 0.231 e. The van der Waals surface area contributed by atoms with E-state index in [0.29, 0.717) is 44.5 Å². The van der Waals surface area contributed by atoms with Gasteiger partial charge in [-0.1, -0.05) is 41.4 Å². The van der Waals surface area contributed by atoms with Crippen molar-refractivity contribution in [2.75, 3.05) is 28.8 Å². The molecular weight excluding hydrogens is 597 g/mol. The molecule has 0 spiro atoms. The molecule has 0 bridgehead atoms. The summed E-state index contributed by atoms with van der Waals surface area (Å²) in [6.07, 6.45) is 2.97. The second-order valence-electron chi connectivity index (χ2n) is 9.83. The van der Waals surface area contributed by atoms with Gasteiger partial charge in [-0.3, -0.25) is 10.1 Å². The highest BCUT2D eigenvalue weighted by molar-refractivity contribution is 7.89. The van der Waals surface area contributed by atoms with Gasteiger partial charge in [-0.05, 0) is 59.7 Å². The Labute approximate surface area is 253 Å². The SMILES string of the molecule is CN(c1ccc2c(c1)nc(NC(=O)Cc1ccc(Cl)c(Cl)c1)n2C)c1ccnc(Nc2cccc(CS(C)(=O)=O)c2)n1. The standard InChI is InChI=1S/C29H27Cl2N7O3S/c1-37(26-11-12-32-28(35-26)33-20-6-4-5-19(13-20)17-42(3,40)41)21-8-10-25-24(16-21)34-29(38(25)2)36-27(39)15-18-7-9-22(30)23(31)14-18/h4-14,16H,15,17H2,1-3H3,(H,32,33,35)(H,34,36,39). The number of carbonyl (C=O) groups excluding carboxylic acids is 1. The van der Waals surface area contributed by atoms with Crippen LogP contribution < -0.4 is 15.5 Å². The highest BCUT2D eigenvalue weighted by atomic mass is 35.5. The van der Waals surface area contributed by atoms with E-state index in [-0.39, 0.29) is 18.1 Å². The minimum absolute atomic E-state index is 0.0508. The highest BCUT2D eigenvalue weighted by Gasteiger charge is 2.15.